The summed E-state index contributed by atoms with van der Waals surface area (Å²) < 4.78 is 28.0. The van der Waals surface area contributed by atoms with Crippen molar-refractivity contribution in [3.05, 3.63) is 12.0 Å². The van der Waals surface area contributed by atoms with Crippen LogP contribution in [0.2, 0.25) is 0 Å². The van der Waals surface area contributed by atoms with Crippen LogP contribution in [0.3, 0.4) is 0 Å². The van der Waals surface area contributed by atoms with E-state index in [0.29, 0.717) is 5.82 Å². The molecule has 5 nitrogen and oxygen atoms in total. The number of rotatable bonds is 5. The molecule has 1 aromatic rings. The zero-order valence-electron chi connectivity index (χ0n) is 10.3. The predicted molar refractivity (Wildman–Crippen MR) is 65.9 cm³/mol. The first-order valence-corrected chi connectivity index (χ1v) is 6.91. The molecule has 1 rings (SSSR count). The van der Waals surface area contributed by atoms with Crippen molar-refractivity contribution in [2.75, 3.05) is 0 Å². The molecule has 0 saturated heterocycles. The topological polar surface area (TPSA) is 64.0 Å². The summed E-state index contributed by atoms with van der Waals surface area (Å²) >= 11 is 0. The molecule has 17 heavy (non-hydrogen) atoms. The van der Waals surface area contributed by atoms with Crippen LogP contribution in [0.15, 0.2) is 11.2 Å². The minimum absolute atomic E-state index is 0.0190. The average Bonchev–Trinajstić information content (AvgIpc) is 2.61. The lowest BCUT2D eigenvalue weighted by Gasteiger charge is -2.05. The maximum atomic E-state index is 11.9. The van der Waals surface area contributed by atoms with E-state index in [1.807, 2.05) is 11.5 Å². The van der Waals surface area contributed by atoms with Crippen molar-refractivity contribution in [1.82, 2.24) is 14.3 Å². The molecule has 94 valence electrons. The maximum absolute atomic E-state index is 11.9. The highest BCUT2D eigenvalue weighted by Gasteiger charge is 2.20. The van der Waals surface area contributed by atoms with Crippen LogP contribution >= 0.6 is 0 Å². The molecule has 1 atom stereocenters. The number of aryl methyl sites for hydroxylation is 2. The van der Waals surface area contributed by atoms with E-state index in [1.165, 1.54) is 6.20 Å². The molecule has 1 heterocycles. The summed E-state index contributed by atoms with van der Waals surface area (Å²) in [7, 11) is -3.62. The Balaban J connectivity index is 3.00. The molecule has 0 fully saturated rings. The van der Waals surface area contributed by atoms with E-state index in [2.05, 4.69) is 15.6 Å². The van der Waals surface area contributed by atoms with Gasteiger partial charge in [-0.05, 0) is 20.3 Å². The van der Waals surface area contributed by atoms with Gasteiger partial charge in [0.25, 0.3) is 10.0 Å². The number of aromatic nitrogens is 2. The van der Waals surface area contributed by atoms with Crippen molar-refractivity contribution >= 4 is 10.0 Å². The van der Waals surface area contributed by atoms with Gasteiger partial charge in [0.2, 0.25) is 0 Å². The van der Waals surface area contributed by atoms with Gasteiger partial charge in [0.15, 0.2) is 5.03 Å². The van der Waals surface area contributed by atoms with Crippen LogP contribution in [0.5, 0.6) is 0 Å². The highest BCUT2D eigenvalue weighted by atomic mass is 32.2. The fraction of sp³-hybridized carbons (Fsp3) is 0.545. The summed E-state index contributed by atoms with van der Waals surface area (Å²) in [4.78, 5) is 4.03. The smallest absolute Gasteiger partial charge is 0.260 e. The quantitative estimate of drug-likeness (QED) is 0.795. The molecule has 0 bridgehead atoms. The van der Waals surface area contributed by atoms with Gasteiger partial charge in [-0.15, -0.1) is 6.42 Å². The largest absolute Gasteiger partial charge is 0.334 e. The summed E-state index contributed by atoms with van der Waals surface area (Å²) in [5, 5.41) is 0.0190. The van der Waals surface area contributed by atoms with Crippen molar-refractivity contribution in [1.29, 1.82) is 0 Å². The molecule has 0 aliphatic rings. The Labute approximate surface area is 102 Å². The van der Waals surface area contributed by atoms with Gasteiger partial charge >= 0.3 is 0 Å². The molecular formula is C11H17N3O2S. The van der Waals surface area contributed by atoms with E-state index in [4.69, 9.17) is 6.42 Å². The third kappa shape index (κ3) is 3.32. The van der Waals surface area contributed by atoms with Gasteiger partial charge in [-0.2, -0.15) is 4.72 Å². The van der Waals surface area contributed by atoms with Crippen molar-refractivity contribution in [2.24, 2.45) is 0 Å². The Kier molecular flexibility index (Phi) is 4.32. The molecular weight excluding hydrogens is 238 g/mol. The molecule has 0 saturated carbocycles. The van der Waals surface area contributed by atoms with Gasteiger partial charge in [0, 0.05) is 12.7 Å². The van der Waals surface area contributed by atoms with E-state index >= 15 is 0 Å². The van der Waals surface area contributed by atoms with Crippen LogP contribution in [-0.4, -0.2) is 24.0 Å². The first-order chi connectivity index (χ1) is 7.90. The molecule has 0 aliphatic heterocycles. The average molecular weight is 255 g/mol. The highest BCUT2D eigenvalue weighted by Crippen LogP contribution is 2.10. The van der Waals surface area contributed by atoms with Gasteiger partial charge in [-0.25, -0.2) is 13.4 Å². The number of imidazole rings is 1. The number of hydrogen-bond donors (Lipinski definition) is 1. The number of terminal acetylenes is 1. The first kappa shape index (κ1) is 13.7. The summed E-state index contributed by atoms with van der Waals surface area (Å²) in [5.41, 5.74) is 0. The normalized spacial score (nSPS) is 13.3. The van der Waals surface area contributed by atoms with Crippen LogP contribution in [-0.2, 0) is 16.6 Å². The Morgan fingerprint density at radius 1 is 1.65 bits per heavy atom. The second-order valence-corrected chi connectivity index (χ2v) is 5.49. The summed E-state index contributed by atoms with van der Waals surface area (Å²) in [6, 6.07) is -0.545. The summed E-state index contributed by atoms with van der Waals surface area (Å²) in [5.74, 6) is 2.99. The number of nitrogens with zero attached hydrogens (tertiary/aromatic N) is 2. The third-order valence-corrected chi connectivity index (χ3v) is 3.69. The minimum atomic E-state index is -3.62. The lowest BCUT2D eigenvalue weighted by Crippen LogP contribution is -2.31. The number of hydrogen-bond acceptors (Lipinski definition) is 3. The van der Waals surface area contributed by atoms with Crippen LogP contribution < -0.4 is 4.72 Å². The van der Waals surface area contributed by atoms with Gasteiger partial charge < -0.3 is 4.57 Å². The summed E-state index contributed by atoms with van der Waals surface area (Å²) in [6.45, 7) is 6.15. The molecule has 0 aromatic carbocycles. The lowest BCUT2D eigenvalue weighted by molar-refractivity contribution is 0.574. The Morgan fingerprint density at radius 3 is 2.82 bits per heavy atom. The van der Waals surface area contributed by atoms with Gasteiger partial charge in [0.1, 0.15) is 5.82 Å². The van der Waals surface area contributed by atoms with Crippen molar-refractivity contribution in [3.63, 3.8) is 0 Å². The van der Waals surface area contributed by atoms with E-state index in [9.17, 15) is 8.42 Å². The Morgan fingerprint density at radius 2 is 2.29 bits per heavy atom. The van der Waals surface area contributed by atoms with Crippen LogP contribution in [0.4, 0.5) is 0 Å². The van der Waals surface area contributed by atoms with Crippen molar-refractivity contribution < 1.29 is 8.42 Å². The predicted octanol–water partition coefficient (Wildman–Crippen LogP) is 0.902. The fourth-order valence-electron chi connectivity index (χ4n) is 1.40. The lowest BCUT2D eigenvalue weighted by atomic mass is 10.4. The molecule has 0 amide bonds. The standard InChI is InChI=1S/C11H17N3O2S/c1-5-7-14-8-11(12-10(14)4)17(15,16)13-9(3)6-2/h2,8-9,13H,5,7H2,1,3-4H3. The van der Waals surface area contributed by atoms with E-state index in [1.54, 1.807) is 13.8 Å². The maximum Gasteiger partial charge on any atom is 0.260 e. The van der Waals surface area contributed by atoms with Gasteiger partial charge in [-0.1, -0.05) is 12.8 Å². The van der Waals surface area contributed by atoms with Crippen molar-refractivity contribution in [3.8, 4) is 12.3 Å². The van der Waals surface area contributed by atoms with E-state index in [-0.39, 0.29) is 5.03 Å². The Bertz CT molecular complexity index is 525. The van der Waals surface area contributed by atoms with E-state index in [0.717, 1.165) is 13.0 Å². The molecule has 1 aromatic heterocycles. The van der Waals surface area contributed by atoms with Gasteiger partial charge in [-0.3, -0.25) is 0 Å². The third-order valence-electron chi connectivity index (χ3n) is 2.28. The second kappa shape index (κ2) is 5.34. The number of sulfonamides is 1. The fourth-order valence-corrected chi connectivity index (χ4v) is 2.58. The first-order valence-electron chi connectivity index (χ1n) is 5.43. The number of nitrogens with one attached hydrogen (secondary N) is 1. The Hall–Kier alpha value is -1.32. The van der Waals surface area contributed by atoms with Crippen LogP contribution in [0.25, 0.3) is 0 Å². The van der Waals surface area contributed by atoms with Crippen molar-refractivity contribution in [2.45, 2.75) is 44.8 Å². The zero-order valence-corrected chi connectivity index (χ0v) is 11.1. The molecule has 1 unspecified atom stereocenters. The molecule has 0 aliphatic carbocycles. The zero-order chi connectivity index (χ0) is 13.1. The second-order valence-electron chi connectivity index (χ2n) is 3.83. The monoisotopic (exact) mass is 255 g/mol. The molecule has 0 radical (unpaired) electrons. The molecule has 0 spiro atoms. The minimum Gasteiger partial charge on any atom is -0.334 e. The van der Waals surface area contributed by atoms with E-state index < -0.39 is 16.1 Å². The van der Waals surface area contributed by atoms with Crippen LogP contribution in [0, 0.1) is 19.3 Å². The van der Waals surface area contributed by atoms with Gasteiger partial charge in [0.05, 0.1) is 6.04 Å². The molecule has 6 heteroatoms. The SMILES string of the molecule is C#CC(C)NS(=O)(=O)c1cn(CCC)c(C)n1. The molecule has 1 N–H and O–H groups in total. The van der Waals surface area contributed by atoms with Crippen LogP contribution in [0.1, 0.15) is 26.1 Å². The highest BCUT2D eigenvalue weighted by molar-refractivity contribution is 7.89. The summed E-state index contributed by atoms with van der Waals surface area (Å²) in [6.07, 6.45) is 7.59.